The Bertz CT molecular complexity index is 1120. The van der Waals surface area contributed by atoms with Crippen LogP contribution in [0.25, 0.3) is 11.1 Å². The second kappa shape index (κ2) is 9.84. The number of carbonyl (C=O) groups is 2. The van der Waals surface area contributed by atoms with Crippen LogP contribution in [-0.4, -0.2) is 48.1 Å². The number of aliphatic hydroxyl groups excluding tert-OH is 1. The topological polar surface area (TPSA) is 127 Å². The largest absolute Gasteiger partial charge is 0.434 e. The fraction of sp³-hybridized carbons (Fsp3) is 0.318. The fourth-order valence-electron chi connectivity index (χ4n) is 3.07. The van der Waals surface area contributed by atoms with E-state index in [-0.39, 0.29) is 30.2 Å². The van der Waals surface area contributed by atoms with Gasteiger partial charge in [0.1, 0.15) is 11.6 Å². The van der Waals surface area contributed by atoms with Crippen LogP contribution in [0.3, 0.4) is 0 Å². The molecule has 0 aliphatic rings. The maximum atomic E-state index is 12.7. The summed E-state index contributed by atoms with van der Waals surface area (Å²) in [5, 5.41) is 12.6. The third kappa shape index (κ3) is 5.99. The number of sulfone groups is 1. The zero-order valence-corrected chi connectivity index (χ0v) is 17.8. The van der Waals surface area contributed by atoms with Crippen molar-refractivity contribution in [2.24, 2.45) is 0 Å². The van der Waals surface area contributed by atoms with Crippen molar-refractivity contribution in [1.29, 1.82) is 0 Å². The quantitative estimate of drug-likeness (QED) is 0.459. The fourth-order valence-corrected chi connectivity index (χ4v) is 4.50. The van der Waals surface area contributed by atoms with Gasteiger partial charge < -0.3 is 14.8 Å². The Morgan fingerprint density at radius 3 is 2.45 bits per heavy atom. The van der Waals surface area contributed by atoms with Crippen LogP contribution in [0, 0.1) is 0 Å². The van der Waals surface area contributed by atoms with Crippen molar-refractivity contribution < 1.29 is 27.5 Å². The van der Waals surface area contributed by atoms with Crippen molar-refractivity contribution in [1.82, 2.24) is 10.3 Å². The van der Waals surface area contributed by atoms with Crippen molar-refractivity contribution in [3.8, 4) is 0 Å². The summed E-state index contributed by atoms with van der Waals surface area (Å²) in [7, 11) is -3.50. The van der Waals surface area contributed by atoms with Gasteiger partial charge in [0.05, 0.1) is 17.5 Å². The number of aromatic nitrogens is 1. The molecule has 0 saturated heterocycles. The number of amides is 1. The molecule has 0 fully saturated rings. The summed E-state index contributed by atoms with van der Waals surface area (Å²) >= 11 is 0. The Labute approximate surface area is 180 Å². The normalized spacial score (nSPS) is 13.6. The summed E-state index contributed by atoms with van der Waals surface area (Å²) in [4.78, 5) is 29.1. The predicted molar refractivity (Wildman–Crippen MR) is 115 cm³/mol. The first kappa shape index (κ1) is 22.6. The lowest BCUT2D eigenvalue weighted by Gasteiger charge is -2.17. The molecular formula is C22H24N2O6S. The van der Waals surface area contributed by atoms with Gasteiger partial charge in [-0.2, -0.15) is 0 Å². The van der Waals surface area contributed by atoms with E-state index >= 15 is 0 Å². The highest BCUT2D eigenvalue weighted by Gasteiger charge is 2.28. The molecule has 0 aliphatic heterocycles. The van der Waals surface area contributed by atoms with E-state index in [4.69, 9.17) is 4.42 Å². The van der Waals surface area contributed by atoms with E-state index in [1.807, 2.05) is 0 Å². The van der Waals surface area contributed by atoms with Crippen LogP contribution in [0.15, 0.2) is 59.0 Å². The molecule has 0 saturated carbocycles. The number of rotatable bonds is 10. The minimum Gasteiger partial charge on any atom is -0.434 e. The molecule has 0 radical (unpaired) electrons. The third-order valence-electron chi connectivity index (χ3n) is 4.78. The second-order valence-corrected chi connectivity index (χ2v) is 9.39. The van der Waals surface area contributed by atoms with Gasteiger partial charge >= 0.3 is 0 Å². The molecule has 0 unspecified atom stereocenters. The SMILES string of the molecule is CC[C@H](NC(=O)[C@@H](O)CCS(=O)(=O)Cc1ccccc1)C(=O)c1nc2ccccc2o1. The molecule has 9 heteroatoms. The lowest BCUT2D eigenvalue weighted by molar-refractivity contribution is -0.129. The zero-order chi connectivity index (χ0) is 22.4. The van der Waals surface area contributed by atoms with Gasteiger partial charge in [0.15, 0.2) is 15.4 Å². The van der Waals surface area contributed by atoms with Crippen LogP contribution in [-0.2, 0) is 20.4 Å². The predicted octanol–water partition coefficient (Wildman–Crippen LogP) is 2.27. The number of hydrogen-bond donors (Lipinski definition) is 2. The number of para-hydroxylation sites is 2. The Kier molecular flexibility index (Phi) is 7.19. The number of nitrogens with zero attached hydrogens (tertiary/aromatic N) is 1. The van der Waals surface area contributed by atoms with Crippen molar-refractivity contribution in [2.45, 2.75) is 37.7 Å². The number of carbonyl (C=O) groups excluding carboxylic acids is 2. The van der Waals surface area contributed by atoms with Crippen LogP contribution in [0.2, 0.25) is 0 Å². The minimum absolute atomic E-state index is 0.131. The summed E-state index contributed by atoms with van der Waals surface area (Å²) < 4.78 is 30.0. The average molecular weight is 445 g/mol. The van der Waals surface area contributed by atoms with Crippen LogP contribution < -0.4 is 5.32 Å². The summed E-state index contributed by atoms with van der Waals surface area (Å²) in [5.74, 6) is -1.99. The molecule has 164 valence electrons. The number of oxazole rings is 1. The zero-order valence-electron chi connectivity index (χ0n) is 17.0. The molecule has 1 amide bonds. The van der Waals surface area contributed by atoms with Gasteiger partial charge in [0.2, 0.25) is 11.7 Å². The highest BCUT2D eigenvalue weighted by Crippen LogP contribution is 2.17. The van der Waals surface area contributed by atoms with Gasteiger partial charge in [-0.25, -0.2) is 13.4 Å². The van der Waals surface area contributed by atoms with Crippen LogP contribution >= 0.6 is 0 Å². The van der Waals surface area contributed by atoms with Crippen molar-refractivity contribution in [2.75, 3.05) is 5.75 Å². The van der Waals surface area contributed by atoms with Gasteiger partial charge in [-0.15, -0.1) is 0 Å². The average Bonchev–Trinajstić information content (AvgIpc) is 3.20. The molecule has 31 heavy (non-hydrogen) atoms. The highest BCUT2D eigenvalue weighted by atomic mass is 32.2. The van der Waals surface area contributed by atoms with E-state index in [1.165, 1.54) is 0 Å². The molecule has 3 aromatic rings. The Morgan fingerprint density at radius 1 is 1.10 bits per heavy atom. The molecule has 0 spiro atoms. The molecule has 2 N–H and O–H groups in total. The van der Waals surface area contributed by atoms with Crippen LogP contribution in [0.1, 0.15) is 36.0 Å². The molecule has 3 rings (SSSR count). The number of ketones is 1. The number of hydrogen-bond acceptors (Lipinski definition) is 7. The number of nitrogens with one attached hydrogen (secondary N) is 1. The number of Topliss-reactive ketones (excluding diaryl/α,β-unsaturated/α-hetero) is 1. The molecule has 0 aliphatic carbocycles. The monoisotopic (exact) mass is 444 g/mol. The van der Waals surface area contributed by atoms with E-state index in [0.717, 1.165) is 0 Å². The van der Waals surface area contributed by atoms with Crippen molar-refractivity contribution >= 4 is 32.6 Å². The van der Waals surface area contributed by atoms with Gasteiger partial charge in [0, 0.05) is 0 Å². The van der Waals surface area contributed by atoms with E-state index in [9.17, 15) is 23.1 Å². The third-order valence-corrected chi connectivity index (χ3v) is 6.41. The minimum atomic E-state index is -3.50. The van der Waals surface area contributed by atoms with Crippen molar-refractivity contribution in [3.05, 3.63) is 66.1 Å². The molecule has 1 aromatic heterocycles. The molecule has 8 nitrogen and oxygen atoms in total. The first-order valence-corrected chi connectivity index (χ1v) is 11.7. The number of fused-ring (bicyclic) bond motifs is 1. The Balaban J connectivity index is 1.57. The smallest absolute Gasteiger partial charge is 0.266 e. The van der Waals surface area contributed by atoms with E-state index in [2.05, 4.69) is 10.3 Å². The van der Waals surface area contributed by atoms with Crippen LogP contribution in [0.5, 0.6) is 0 Å². The lowest BCUT2D eigenvalue weighted by Crippen LogP contribution is -2.45. The maximum absolute atomic E-state index is 12.7. The first-order chi connectivity index (χ1) is 14.8. The summed E-state index contributed by atoms with van der Waals surface area (Å²) in [6.07, 6.45) is -1.58. The standard InChI is InChI=1S/C22H24N2O6S/c1-2-16(20(26)22-24-17-10-6-7-11-19(17)30-22)23-21(27)18(25)12-13-31(28,29)14-15-8-4-3-5-9-15/h3-11,16,18,25H,2,12-14H2,1H3,(H,23,27)/t16-,18-/m0/s1. The van der Waals surface area contributed by atoms with Crippen LogP contribution in [0.4, 0.5) is 0 Å². The summed E-state index contributed by atoms with van der Waals surface area (Å²) in [6, 6.07) is 14.6. The van der Waals surface area contributed by atoms with E-state index in [0.29, 0.717) is 16.7 Å². The number of benzene rings is 2. The van der Waals surface area contributed by atoms with Gasteiger partial charge in [0.25, 0.3) is 5.89 Å². The molecule has 1 heterocycles. The summed E-state index contributed by atoms with van der Waals surface area (Å²) in [6.45, 7) is 1.70. The van der Waals surface area contributed by atoms with Gasteiger partial charge in [-0.05, 0) is 30.5 Å². The lowest BCUT2D eigenvalue weighted by atomic mass is 10.1. The van der Waals surface area contributed by atoms with Gasteiger partial charge in [-0.3, -0.25) is 9.59 Å². The Morgan fingerprint density at radius 2 is 1.77 bits per heavy atom. The van der Waals surface area contributed by atoms with E-state index in [1.54, 1.807) is 61.5 Å². The highest BCUT2D eigenvalue weighted by molar-refractivity contribution is 7.90. The van der Waals surface area contributed by atoms with Crippen molar-refractivity contribution in [3.63, 3.8) is 0 Å². The molecule has 2 atom stereocenters. The molecule has 2 aromatic carbocycles. The maximum Gasteiger partial charge on any atom is 0.266 e. The molecule has 0 bridgehead atoms. The number of aliphatic hydroxyl groups is 1. The Hall–Kier alpha value is -3.04. The first-order valence-electron chi connectivity index (χ1n) is 9.91. The van der Waals surface area contributed by atoms with Gasteiger partial charge in [-0.1, -0.05) is 49.4 Å². The second-order valence-electron chi connectivity index (χ2n) is 7.20. The van der Waals surface area contributed by atoms with E-state index < -0.39 is 33.7 Å². The summed E-state index contributed by atoms with van der Waals surface area (Å²) in [5.41, 5.74) is 1.61. The molecular weight excluding hydrogens is 420 g/mol.